The molecule has 0 aliphatic heterocycles. The number of rotatable bonds is 5. The van der Waals surface area contributed by atoms with Crippen molar-refractivity contribution in [2.75, 3.05) is 0 Å². The van der Waals surface area contributed by atoms with Gasteiger partial charge in [0.2, 0.25) is 0 Å². The first kappa shape index (κ1) is 21.3. The molecule has 0 radical (unpaired) electrons. The van der Waals surface area contributed by atoms with Gasteiger partial charge < -0.3 is 0 Å². The molecule has 0 saturated heterocycles. The number of hydrogen-bond acceptors (Lipinski definition) is 2. The smallest absolute Gasteiger partial charge is 0.138 e. The summed E-state index contributed by atoms with van der Waals surface area (Å²) in [5.74, 6) is 0. The number of hydrogen-bond donors (Lipinski definition) is 0. The fourth-order valence-corrected chi connectivity index (χ4v) is 5.12. The second kappa shape index (κ2) is 8.86. The first-order valence-electron chi connectivity index (χ1n) is 11.5. The fraction of sp³-hybridized carbons (Fsp3) is 0.0323. The lowest BCUT2D eigenvalue weighted by Crippen LogP contribution is -2.38. The van der Waals surface area contributed by atoms with Gasteiger partial charge in [0.05, 0.1) is 22.4 Å². The second-order valence-corrected chi connectivity index (χ2v) is 8.90. The minimum atomic E-state index is -0.664. The lowest BCUT2D eigenvalue weighted by Gasteiger charge is -2.36. The van der Waals surface area contributed by atoms with Crippen molar-refractivity contribution in [3.63, 3.8) is 0 Å². The molecule has 0 unspecified atom stereocenters. The summed E-state index contributed by atoms with van der Waals surface area (Å²) < 4.78 is 2.05. The van der Waals surface area contributed by atoms with Crippen LogP contribution in [-0.4, -0.2) is 14.8 Å². The molecule has 4 heteroatoms. The summed E-state index contributed by atoms with van der Waals surface area (Å²) in [5, 5.41) is 6.56. The predicted molar refractivity (Wildman–Crippen MR) is 143 cm³/mol. The van der Waals surface area contributed by atoms with Gasteiger partial charge in [-0.05, 0) is 28.8 Å². The molecular weight excluding hydrogens is 450 g/mol. The van der Waals surface area contributed by atoms with Gasteiger partial charge in [0, 0.05) is 17.1 Å². The van der Waals surface area contributed by atoms with Gasteiger partial charge in [-0.1, -0.05) is 121 Å². The van der Waals surface area contributed by atoms with Crippen LogP contribution in [0.15, 0.2) is 134 Å². The molecule has 3 nitrogen and oxygen atoms in total. The zero-order chi connectivity index (χ0) is 23.7. The molecular formula is C31H22ClN3. The van der Waals surface area contributed by atoms with E-state index in [0.717, 1.165) is 38.9 Å². The third-order valence-electron chi connectivity index (χ3n) is 6.46. The zero-order valence-electron chi connectivity index (χ0n) is 18.9. The molecule has 2 heterocycles. The number of aromatic nitrogens is 3. The van der Waals surface area contributed by atoms with Crippen molar-refractivity contribution in [1.29, 1.82) is 0 Å². The Morgan fingerprint density at radius 3 is 1.71 bits per heavy atom. The fourth-order valence-electron chi connectivity index (χ4n) is 4.85. The topological polar surface area (TPSA) is 30.7 Å². The lowest BCUT2D eigenvalue weighted by molar-refractivity contribution is 0.460. The first-order chi connectivity index (χ1) is 17.3. The van der Waals surface area contributed by atoms with Crippen LogP contribution in [-0.2, 0) is 5.54 Å². The summed E-state index contributed by atoms with van der Waals surface area (Å²) in [6, 6.07) is 41.4. The highest BCUT2D eigenvalue weighted by molar-refractivity contribution is 6.35. The molecule has 6 rings (SSSR count). The van der Waals surface area contributed by atoms with Gasteiger partial charge in [0.15, 0.2) is 0 Å². The van der Waals surface area contributed by atoms with E-state index in [2.05, 4.69) is 79.0 Å². The summed E-state index contributed by atoms with van der Waals surface area (Å²) in [6.45, 7) is 0. The largest absolute Gasteiger partial charge is 0.252 e. The second-order valence-electron chi connectivity index (χ2n) is 8.49. The molecule has 0 amide bonds. The molecule has 0 aliphatic rings. The van der Waals surface area contributed by atoms with E-state index in [0.29, 0.717) is 5.02 Å². The maximum Gasteiger partial charge on any atom is 0.138 e. The molecule has 0 N–H and O–H groups in total. The number of fused-ring (bicyclic) bond motifs is 1. The first-order valence-corrected chi connectivity index (χ1v) is 11.9. The maximum atomic E-state index is 6.63. The summed E-state index contributed by atoms with van der Waals surface area (Å²) >= 11 is 6.63. The van der Waals surface area contributed by atoms with E-state index >= 15 is 0 Å². The summed E-state index contributed by atoms with van der Waals surface area (Å²) in [5.41, 5.74) is 5.27. The van der Waals surface area contributed by atoms with Crippen molar-refractivity contribution >= 4 is 22.5 Å². The van der Waals surface area contributed by atoms with E-state index in [9.17, 15) is 0 Å². The van der Waals surface area contributed by atoms with Crippen LogP contribution in [0, 0.1) is 0 Å². The average Bonchev–Trinajstić information content (AvgIpc) is 3.42. The molecule has 0 bridgehead atoms. The van der Waals surface area contributed by atoms with Crippen LogP contribution in [0.5, 0.6) is 0 Å². The average molecular weight is 472 g/mol. The van der Waals surface area contributed by atoms with Crippen LogP contribution < -0.4 is 0 Å². The van der Waals surface area contributed by atoms with Crippen LogP contribution in [0.4, 0.5) is 0 Å². The molecule has 0 saturated carbocycles. The Kier molecular flexibility index (Phi) is 5.40. The van der Waals surface area contributed by atoms with Crippen molar-refractivity contribution in [3.8, 4) is 11.3 Å². The van der Waals surface area contributed by atoms with Crippen molar-refractivity contribution < 1.29 is 0 Å². The van der Waals surface area contributed by atoms with Crippen molar-refractivity contribution in [2.24, 2.45) is 0 Å². The SMILES string of the molecule is Clc1cc(-c2cnn(C(c3ccccc3)(c3ccccc3)c3ccccc3)c2)nc2ccccc12. The van der Waals surface area contributed by atoms with Crippen molar-refractivity contribution in [2.45, 2.75) is 5.54 Å². The number of para-hydroxylation sites is 1. The van der Waals surface area contributed by atoms with E-state index in [-0.39, 0.29) is 0 Å². The summed E-state index contributed by atoms with van der Waals surface area (Å²) in [7, 11) is 0. The molecule has 0 aliphatic carbocycles. The Morgan fingerprint density at radius 2 is 1.14 bits per heavy atom. The van der Waals surface area contributed by atoms with Gasteiger partial charge in [0.25, 0.3) is 0 Å². The van der Waals surface area contributed by atoms with Gasteiger partial charge >= 0.3 is 0 Å². The molecule has 0 atom stereocenters. The molecule has 35 heavy (non-hydrogen) atoms. The van der Waals surface area contributed by atoms with Gasteiger partial charge in [-0.2, -0.15) is 5.10 Å². The molecule has 6 aromatic rings. The number of benzene rings is 4. The molecule has 4 aromatic carbocycles. The standard InChI is InChI=1S/C31H22ClN3/c32-28-20-30(34-29-19-11-10-18-27(28)29)23-21-33-35(22-23)31(24-12-4-1-5-13-24,25-14-6-2-7-15-25)26-16-8-3-9-17-26/h1-22H. The van der Waals surface area contributed by atoms with Crippen molar-refractivity contribution in [3.05, 3.63) is 155 Å². The van der Waals surface area contributed by atoms with E-state index in [1.807, 2.05) is 59.4 Å². The Bertz CT molecular complexity index is 1500. The van der Waals surface area contributed by atoms with E-state index in [4.69, 9.17) is 21.7 Å². The summed E-state index contributed by atoms with van der Waals surface area (Å²) in [4.78, 5) is 4.88. The van der Waals surface area contributed by atoms with E-state index in [1.54, 1.807) is 0 Å². The van der Waals surface area contributed by atoms with Gasteiger partial charge in [-0.15, -0.1) is 0 Å². The minimum absolute atomic E-state index is 0.664. The predicted octanol–water partition coefficient (Wildman–Crippen LogP) is 7.59. The lowest BCUT2D eigenvalue weighted by atomic mass is 9.77. The number of pyridine rings is 1. The van der Waals surface area contributed by atoms with Gasteiger partial charge in [-0.3, -0.25) is 4.68 Å². The van der Waals surface area contributed by atoms with Crippen LogP contribution in [0.1, 0.15) is 16.7 Å². The van der Waals surface area contributed by atoms with E-state index < -0.39 is 5.54 Å². The van der Waals surface area contributed by atoms with Gasteiger partial charge in [0.1, 0.15) is 5.54 Å². The number of halogens is 1. The Hall–Kier alpha value is -4.21. The van der Waals surface area contributed by atoms with Crippen LogP contribution in [0.25, 0.3) is 22.2 Å². The maximum absolute atomic E-state index is 6.63. The highest BCUT2D eigenvalue weighted by Gasteiger charge is 2.39. The zero-order valence-corrected chi connectivity index (χ0v) is 19.7. The number of nitrogens with zero attached hydrogens (tertiary/aromatic N) is 3. The monoisotopic (exact) mass is 471 g/mol. The third-order valence-corrected chi connectivity index (χ3v) is 6.78. The third kappa shape index (κ3) is 3.61. The highest BCUT2D eigenvalue weighted by atomic mass is 35.5. The Labute approximate surface area is 209 Å². The Balaban J connectivity index is 1.61. The van der Waals surface area contributed by atoms with Crippen LogP contribution in [0.3, 0.4) is 0 Å². The van der Waals surface area contributed by atoms with E-state index in [1.165, 1.54) is 0 Å². The Morgan fingerprint density at radius 1 is 0.629 bits per heavy atom. The van der Waals surface area contributed by atoms with Crippen LogP contribution >= 0.6 is 11.6 Å². The normalized spacial score (nSPS) is 11.6. The van der Waals surface area contributed by atoms with Crippen molar-refractivity contribution in [1.82, 2.24) is 14.8 Å². The molecule has 0 fully saturated rings. The molecule has 168 valence electrons. The quantitative estimate of drug-likeness (QED) is 0.242. The summed E-state index contributed by atoms with van der Waals surface area (Å²) in [6.07, 6.45) is 3.94. The highest BCUT2D eigenvalue weighted by Crippen LogP contribution is 2.41. The molecule has 0 spiro atoms. The molecule has 2 aromatic heterocycles. The van der Waals surface area contributed by atoms with Crippen LogP contribution in [0.2, 0.25) is 5.02 Å². The minimum Gasteiger partial charge on any atom is -0.252 e. The van der Waals surface area contributed by atoms with Gasteiger partial charge in [-0.25, -0.2) is 4.98 Å².